The zero-order valence-electron chi connectivity index (χ0n) is 12.5. The lowest BCUT2D eigenvalue weighted by molar-refractivity contribution is -0.113. The fourth-order valence-corrected chi connectivity index (χ4v) is 2.86. The Labute approximate surface area is 142 Å². The average molecular weight is 343 g/mol. The minimum absolute atomic E-state index is 0.138. The number of rotatable bonds is 5. The first-order valence-electron chi connectivity index (χ1n) is 7.13. The lowest BCUT2D eigenvalue weighted by atomic mass is 10.3. The molecule has 0 aliphatic carbocycles. The molecule has 0 saturated heterocycles. The first-order chi connectivity index (χ1) is 11.6. The van der Waals surface area contributed by atoms with E-state index < -0.39 is 0 Å². The molecular formula is C17H14FN3O2S. The van der Waals surface area contributed by atoms with Crippen molar-refractivity contribution in [2.45, 2.75) is 5.16 Å². The number of imidazole rings is 1. The average Bonchev–Trinajstić information content (AvgIpc) is 3.04. The highest BCUT2D eigenvalue weighted by atomic mass is 32.2. The molecule has 1 aromatic heterocycles. The van der Waals surface area contributed by atoms with Crippen LogP contribution >= 0.6 is 11.8 Å². The molecule has 5 nitrogen and oxygen atoms in total. The summed E-state index contributed by atoms with van der Waals surface area (Å²) in [6, 6.07) is 12.4. The van der Waals surface area contributed by atoms with Crippen molar-refractivity contribution in [3.63, 3.8) is 0 Å². The Balaban J connectivity index is 1.64. The third-order valence-corrected chi connectivity index (χ3v) is 4.14. The Morgan fingerprint density at radius 1 is 1.25 bits per heavy atom. The van der Waals surface area contributed by atoms with Crippen LogP contribution in [0, 0.1) is 5.82 Å². The summed E-state index contributed by atoms with van der Waals surface area (Å²) in [7, 11) is 0. The Hall–Kier alpha value is -2.80. The van der Waals surface area contributed by atoms with E-state index in [1.807, 2.05) is 0 Å². The van der Waals surface area contributed by atoms with Crippen molar-refractivity contribution in [3.8, 4) is 11.4 Å². The molecule has 0 aliphatic heterocycles. The number of aromatic nitrogens is 2. The lowest BCUT2D eigenvalue weighted by Gasteiger charge is -2.08. The summed E-state index contributed by atoms with van der Waals surface area (Å²) in [4.78, 5) is 16.2. The lowest BCUT2D eigenvalue weighted by Crippen LogP contribution is -2.14. The summed E-state index contributed by atoms with van der Waals surface area (Å²) >= 11 is 1.25. The minimum Gasteiger partial charge on any atom is -0.508 e. The predicted molar refractivity (Wildman–Crippen MR) is 91.0 cm³/mol. The standard InChI is InChI=1S/C17H14FN3O2S/c18-12-2-1-3-14(10-12)21-9-8-19-17(21)24-11-16(23)20-13-4-6-15(22)7-5-13/h1-10,22H,11H2,(H,20,23). The van der Waals surface area contributed by atoms with Crippen LogP contribution in [0.3, 0.4) is 0 Å². The highest BCUT2D eigenvalue weighted by Crippen LogP contribution is 2.21. The molecular weight excluding hydrogens is 329 g/mol. The van der Waals surface area contributed by atoms with E-state index in [0.29, 0.717) is 16.5 Å². The zero-order valence-corrected chi connectivity index (χ0v) is 13.3. The molecule has 0 spiro atoms. The van der Waals surface area contributed by atoms with Gasteiger partial charge in [-0.3, -0.25) is 9.36 Å². The minimum atomic E-state index is -0.331. The molecule has 0 fully saturated rings. The van der Waals surface area contributed by atoms with E-state index >= 15 is 0 Å². The third-order valence-electron chi connectivity index (χ3n) is 3.18. The number of nitrogens with zero attached hydrogens (tertiary/aromatic N) is 2. The molecule has 0 radical (unpaired) electrons. The van der Waals surface area contributed by atoms with Crippen molar-refractivity contribution in [3.05, 3.63) is 66.7 Å². The van der Waals surface area contributed by atoms with Gasteiger partial charge in [0.1, 0.15) is 11.6 Å². The van der Waals surface area contributed by atoms with Crippen molar-refractivity contribution < 1.29 is 14.3 Å². The van der Waals surface area contributed by atoms with E-state index in [0.717, 1.165) is 0 Å². The summed E-state index contributed by atoms with van der Waals surface area (Å²) in [6.45, 7) is 0. The summed E-state index contributed by atoms with van der Waals surface area (Å²) < 4.78 is 15.1. The molecule has 0 saturated carbocycles. The van der Waals surface area contributed by atoms with Crippen LogP contribution in [0.4, 0.5) is 10.1 Å². The molecule has 0 unspecified atom stereocenters. The molecule has 0 bridgehead atoms. The number of thioether (sulfide) groups is 1. The number of hydrogen-bond acceptors (Lipinski definition) is 4. The smallest absolute Gasteiger partial charge is 0.234 e. The van der Waals surface area contributed by atoms with Crippen LogP contribution in [-0.4, -0.2) is 26.3 Å². The molecule has 1 amide bonds. The Bertz CT molecular complexity index is 849. The maximum atomic E-state index is 13.4. The number of amides is 1. The number of nitrogens with one attached hydrogen (secondary N) is 1. The van der Waals surface area contributed by atoms with E-state index in [2.05, 4.69) is 10.3 Å². The molecule has 0 aliphatic rings. The second-order valence-corrected chi connectivity index (χ2v) is 5.89. The van der Waals surface area contributed by atoms with Gasteiger partial charge in [0.05, 0.1) is 11.4 Å². The molecule has 24 heavy (non-hydrogen) atoms. The third kappa shape index (κ3) is 3.94. The number of carbonyl (C=O) groups is 1. The van der Waals surface area contributed by atoms with Crippen LogP contribution in [-0.2, 0) is 4.79 Å². The van der Waals surface area contributed by atoms with Crippen molar-refractivity contribution >= 4 is 23.4 Å². The molecule has 1 heterocycles. The van der Waals surface area contributed by atoms with E-state index in [-0.39, 0.29) is 23.2 Å². The maximum absolute atomic E-state index is 13.4. The van der Waals surface area contributed by atoms with Gasteiger partial charge in [-0.1, -0.05) is 17.8 Å². The molecule has 2 N–H and O–H groups in total. The fraction of sp³-hybridized carbons (Fsp3) is 0.0588. The Kier molecular flexibility index (Phi) is 4.81. The van der Waals surface area contributed by atoms with Crippen molar-refractivity contribution in [2.75, 3.05) is 11.1 Å². The van der Waals surface area contributed by atoms with Gasteiger partial charge in [-0.25, -0.2) is 9.37 Å². The Morgan fingerprint density at radius 3 is 2.79 bits per heavy atom. The molecule has 2 aromatic carbocycles. The number of phenolic OH excluding ortho intramolecular Hbond substituents is 1. The molecule has 0 atom stereocenters. The van der Waals surface area contributed by atoms with Crippen LogP contribution in [0.25, 0.3) is 5.69 Å². The van der Waals surface area contributed by atoms with Crippen LogP contribution in [0.15, 0.2) is 66.1 Å². The molecule has 3 aromatic rings. The monoisotopic (exact) mass is 343 g/mol. The van der Waals surface area contributed by atoms with E-state index in [1.54, 1.807) is 41.2 Å². The Morgan fingerprint density at radius 2 is 2.04 bits per heavy atom. The number of phenols is 1. The summed E-state index contributed by atoms with van der Waals surface area (Å²) in [6.07, 6.45) is 3.32. The van der Waals surface area contributed by atoms with E-state index in [4.69, 9.17) is 0 Å². The topological polar surface area (TPSA) is 67.2 Å². The van der Waals surface area contributed by atoms with Crippen LogP contribution in [0.1, 0.15) is 0 Å². The second kappa shape index (κ2) is 7.18. The number of hydrogen-bond donors (Lipinski definition) is 2. The van der Waals surface area contributed by atoms with Crippen LogP contribution < -0.4 is 5.32 Å². The first kappa shape index (κ1) is 16.1. The van der Waals surface area contributed by atoms with Gasteiger partial charge >= 0.3 is 0 Å². The van der Waals surface area contributed by atoms with Gasteiger partial charge in [-0.05, 0) is 42.5 Å². The fourth-order valence-electron chi connectivity index (χ4n) is 2.09. The maximum Gasteiger partial charge on any atom is 0.234 e. The van der Waals surface area contributed by atoms with Gasteiger partial charge in [-0.2, -0.15) is 0 Å². The van der Waals surface area contributed by atoms with Crippen molar-refractivity contribution in [1.82, 2.24) is 9.55 Å². The van der Waals surface area contributed by atoms with Gasteiger partial charge < -0.3 is 10.4 Å². The number of carbonyl (C=O) groups excluding carboxylic acids is 1. The molecule has 7 heteroatoms. The number of halogens is 1. The van der Waals surface area contributed by atoms with Gasteiger partial charge in [0.2, 0.25) is 5.91 Å². The first-order valence-corrected chi connectivity index (χ1v) is 8.11. The van der Waals surface area contributed by atoms with Crippen molar-refractivity contribution in [2.24, 2.45) is 0 Å². The van der Waals surface area contributed by atoms with Crippen molar-refractivity contribution in [1.29, 1.82) is 0 Å². The molecule has 122 valence electrons. The number of benzene rings is 2. The zero-order chi connectivity index (χ0) is 16.9. The SMILES string of the molecule is O=C(CSc1nccn1-c1cccc(F)c1)Nc1ccc(O)cc1. The largest absolute Gasteiger partial charge is 0.508 e. The second-order valence-electron chi connectivity index (χ2n) is 4.94. The summed E-state index contributed by atoms with van der Waals surface area (Å²) in [5.41, 5.74) is 1.25. The van der Waals surface area contributed by atoms with Crippen LogP contribution in [0.2, 0.25) is 0 Å². The van der Waals surface area contributed by atoms with Gasteiger partial charge in [0.15, 0.2) is 5.16 Å². The van der Waals surface area contributed by atoms with Crippen LogP contribution in [0.5, 0.6) is 5.75 Å². The summed E-state index contributed by atoms with van der Waals surface area (Å²) in [5.74, 6) is -0.228. The normalized spacial score (nSPS) is 10.5. The highest BCUT2D eigenvalue weighted by Gasteiger charge is 2.10. The summed E-state index contributed by atoms with van der Waals surface area (Å²) in [5, 5.41) is 12.6. The molecule has 3 rings (SSSR count). The highest BCUT2D eigenvalue weighted by molar-refractivity contribution is 7.99. The van der Waals surface area contributed by atoms with E-state index in [1.165, 1.54) is 36.0 Å². The predicted octanol–water partition coefficient (Wildman–Crippen LogP) is 3.45. The van der Waals surface area contributed by atoms with Gasteiger partial charge in [0.25, 0.3) is 0 Å². The quantitative estimate of drug-likeness (QED) is 0.550. The van der Waals surface area contributed by atoms with Gasteiger partial charge in [-0.15, -0.1) is 0 Å². The number of anilines is 1. The number of aromatic hydroxyl groups is 1. The van der Waals surface area contributed by atoms with Gasteiger partial charge in [0, 0.05) is 18.1 Å². The van der Waals surface area contributed by atoms with E-state index in [9.17, 15) is 14.3 Å².